The highest BCUT2D eigenvalue weighted by molar-refractivity contribution is 6.07. The second-order valence-electron chi connectivity index (χ2n) is 2.54. The molecule has 0 fully saturated rings. The predicted octanol–water partition coefficient (Wildman–Crippen LogP) is 2.66. The van der Waals surface area contributed by atoms with Crippen molar-refractivity contribution >= 4 is 11.8 Å². The number of allylic oxidation sites excluding steroid dienone is 1. The molecule has 0 aromatic heterocycles. The molecule has 0 aliphatic carbocycles. The Morgan fingerprint density at radius 1 is 1.55 bits per heavy atom. The molecule has 1 aromatic rings. The van der Waals surface area contributed by atoms with Crippen molar-refractivity contribution in [3.05, 3.63) is 42.0 Å². The molecule has 0 spiro atoms. The smallest absolute Gasteiger partial charge is 0.0250 e. The van der Waals surface area contributed by atoms with E-state index in [-0.39, 0.29) is 0 Å². The maximum Gasteiger partial charge on any atom is 0.0250 e. The van der Waals surface area contributed by atoms with E-state index in [1.54, 1.807) is 0 Å². The molecule has 0 saturated heterocycles. The average molecular weight is 145 g/mol. The fraction of sp³-hybridized carbons (Fsp3) is 0.100. The summed E-state index contributed by atoms with van der Waals surface area (Å²) in [6, 6.07) is 7.98. The van der Waals surface area contributed by atoms with E-state index >= 15 is 0 Å². The summed E-state index contributed by atoms with van der Waals surface area (Å²) in [6.45, 7) is 5.77. The number of hydrogen-bond donors (Lipinski definition) is 1. The van der Waals surface area contributed by atoms with Crippen LogP contribution < -0.4 is 0 Å². The van der Waals surface area contributed by atoms with Crippen molar-refractivity contribution in [3.63, 3.8) is 0 Å². The normalized spacial score (nSPS) is 9.18. The van der Waals surface area contributed by atoms with Gasteiger partial charge in [-0.25, -0.2) is 0 Å². The van der Waals surface area contributed by atoms with E-state index in [0.29, 0.717) is 0 Å². The van der Waals surface area contributed by atoms with Gasteiger partial charge in [0.05, 0.1) is 0 Å². The molecule has 0 unspecified atom stereocenters. The van der Waals surface area contributed by atoms with Crippen molar-refractivity contribution in [3.8, 4) is 0 Å². The summed E-state index contributed by atoms with van der Waals surface area (Å²) in [4.78, 5) is 0. The molecular formula is C10H11N. The van der Waals surface area contributed by atoms with Crippen molar-refractivity contribution in [1.82, 2.24) is 0 Å². The zero-order valence-electron chi connectivity index (χ0n) is 6.59. The Labute approximate surface area is 66.9 Å². The third-order valence-corrected chi connectivity index (χ3v) is 1.56. The second-order valence-corrected chi connectivity index (χ2v) is 2.54. The highest BCUT2D eigenvalue weighted by Gasteiger charge is 1.93. The molecule has 0 saturated carbocycles. The van der Waals surface area contributed by atoms with E-state index in [4.69, 9.17) is 5.41 Å². The standard InChI is InChI=1S/C10H11N/c1-8-4-3-5-10(6-8)9(2)7-11/h3-7,11H,2H2,1H3. The van der Waals surface area contributed by atoms with Gasteiger partial charge in [0.15, 0.2) is 0 Å². The van der Waals surface area contributed by atoms with E-state index < -0.39 is 0 Å². The lowest BCUT2D eigenvalue weighted by Crippen LogP contribution is -1.83. The zero-order chi connectivity index (χ0) is 8.27. The first-order valence-electron chi connectivity index (χ1n) is 3.50. The Bertz CT molecular complexity index is 287. The van der Waals surface area contributed by atoms with Gasteiger partial charge in [-0.3, -0.25) is 0 Å². The quantitative estimate of drug-likeness (QED) is 0.618. The van der Waals surface area contributed by atoms with Crippen molar-refractivity contribution in [2.24, 2.45) is 0 Å². The Hall–Kier alpha value is -1.37. The van der Waals surface area contributed by atoms with E-state index in [2.05, 4.69) is 6.58 Å². The summed E-state index contributed by atoms with van der Waals surface area (Å²) >= 11 is 0. The van der Waals surface area contributed by atoms with Crippen LogP contribution in [0.25, 0.3) is 5.57 Å². The molecule has 0 amide bonds. The Kier molecular flexibility index (Phi) is 2.21. The van der Waals surface area contributed by atoms with E-state index in [1.165, 1.54) is 11.8 Å². The molecule has 0 atom stereocenters. The first-order chi connectivity index (χ1) is 5.24. The van der Waals surface area contributed by atoms with Gasteiger partial charge in [0.2, 0.25) is 0 Å². The van der Waals surface area contributed by atoms with Crippen LogP contribution in [0.15, 0.2) is 30.8 Å². The average Bonchev–Trinajstić information content (AvgIpc) is 2.03. The molecule has 1 aromatic carbocycles. The van der Waals surface area contributed by atoms with Crippen LogP contribution in [0.1, 0.15) is 11.1 Å². The van der Waals surface area contributed by atoms with Crippen molar-refractivity contribution in [2.45, 2.75) is 6.92 Å². The van der Waals surface area contributed by atoms with Crippen LogP contribution in [0.5, 0.6) is 0 Å². The monoisotopic (exact) mass is 145 g/mol. The Morgan fingerprint density at radius 3 is 2.82 bits per heavy atom. The first-order valence-corrected chi connectivity index (χ1v) is 3.50. The van der Waals surface area contributed by atoms with E-state index in [1.807, 2.05) is 31.2 Å². The first kappa shape index (κ1) is 7.73. The number of nitrogens with one attached hydrogen (secondary N) is 1. The van der Waals surface area contributed by atoms with Gasteiger partial charge in [-0.1, -0.05) is 36.4 Å². The molecule has 1 nitrogen and oxygen atoms in total. The topological polar surface area (TPSA) is 23.9 Å². The summed E-state index contributed by atoms with van der Waals surface area (Å²) in [5.74, 6) is 0. The number of rotatable bonds is 2. The molecule has 0 heterocycles. The molecule has 0 bridgehead atoms. The minimum atomic E-state index is 0.758. The minimum Gasteiger partial charge on any atom is -0.308 e. The molecule has 1 N–H and O–H groups in total. The summed E-state index contributed by atoms with van der Waals surface area (Å²) in [7, 11) is 0. The molecule has 0 aliphatic heterocycles. The lowest BCUT2D eigenvalue weighted by molar-refractivity contribution is 1.45. The molecule has 1 heteroatoms. The van der Waals surface area contributed by atoms with Gasteiger partial charge in [0.1, 0.15) is 0 Å². The van der Waals surface area contributed by atoms with E-state index in [9.17, 15) is 0 Å². The fourth-order valence-corrected chi connectivity index (χ4v) is 0.928. The zero-order valence-corrected chi connectivity index (χ0v) is 6.59. The van der Waals surface area contributed by atoms with Gasteiger partial charge in [0.25, 0.3) is 0 Å². The Morgan fingerprint density at radius 2 is 2.27 bits per heavy atom. The van der Waals surface area contributed by atoms with E-state index in [0.717, 1.165) is 11.1 Å². The molecule has 0 radical (unpaired) electrons. The summed E-state index contributed by atoms with van der Waals surface area (Å²) in [5.41, 5.74) is 2.99. The van der Waals surface area contributed by atoms with Crippen LogP contribution >= 0.6 is 0 Å². The second kappa shape index (κ2) is 3.15. The SMILES string of the molecule is C=C(C=N)c1cccc(C)c1. The third-order valence-electron chi connectivity index (χ3n) is 1.56. The maximum atomic E-state index is 6.99. The van der Waals surface area contributed by atoms with Crippen LogP contribution in [0.3, 0.4) is 0 Å². The largest absolute Gasteiger partial charge is 0.308 e. The van der Waals surface area contributed by atoms with Gasteiger partial charge in [-0.2, -0.15) is 0 Å². The highest BCUT2D eigenvalue weighted by Crippen LogP contribution is 2.10. The fourth-order valence-electron chi connectivity index (χ4n) is 0.928. The van der Waals surface area contributed by atoms with Gasteiger partial charge >= 0.3 is 0 Å². The van der Waals surface area contributed by atoms with Gasteiger partial charge < -0.3 is 5.41 Å². The summed E-state index contributed by atoms with van der Waals surface area (Å²) in [6.07, 6.45) is 1.27. The van der Waals surface area contributed by atoms with Gasteiger partial charge in [0, 0.05) is 6.21 Å². The minimum absolute atomic E-state index is 0.758. The molecule has 56 valence electrons. The van der Waals surface area contributed by atoms with Gasteiger partial charge in [-0.05, 0) is 18.1 Å². The third kappa shape index (κ3) is 1.77. The Balaban J connectivity index is 3.05. The van der Waals surface area contributed by atoms with Crippen molar-refractivity contribution < 1.29 is 0 Å². The van der Waals surface area contributed by atoms with Crippen LogP contribution in [-0.4, -0.2) is 6.21 Å². The molecular weight excluding hydrogens is 134 g/mol. The lowest BCUT2D eigenvalue weighted by atomic mass is 10.1. The molecule has 1 rings (SSSR count). The number of hydrogen-bond acceptors (Lipinski definition) is 1. The summed E-state index contributed by atoms with van der Waals surface area (Å²) in [5, 5.41) is 6.99. The number of aryl methyl sites for hydroxylation is 1. The lowest BCUT2D eigenvalue weighted by Gasteiger charge is -1.99. The van der Waals surface area contributed by atoms with Crippen molar-refractivity contribution in [1.29, 1.82) is 5.41 Å². The van der Waals surface area contributed by atoms with Crippen LogP contribution in [0.2, 0.25) is 0 Å². The number of benzene rings is 1. The highest BCUT2D eigenvalue weighted by atomic mass is 14.3. The van der Waals surface area contributed by atoms with Crippen LogP contribution in [0.4, 0.5) is 0 Å². The predicted molar refractivity (Wildman–Crippen MR) is 49.0 cm³/mol. The molecule has 11 heavy (non-hydrogen) atoms. The van der Waals surface area contributed by atoms with Gasteiger partial charge in [-0.15, -0.1) is 0 Å². The van der Waals surface area contributed by atoms with Crippen LogP contribution in [-0.2, 0) is 0 Å². The maximum absolute atomic E-state index is 6.99. The van der Waals surface area contributed by atoms with Crippen molar-refractivity contribution in [2.75, 3.05) is 0 Å². The molecule has 0 aliphatic rings. The summed E-state index contributed by atoms with van der Waals surface area (Å²) < 4.78 is 0. The van der Waals surface area contributed by atoms with Crippen LogP contribution in [0, 0.1) is 12.3 Å².